The van der Waals surface area contributed by atoms with E-state index in [-0.39, 0.29) is 0 Å². The summed E-state index contributed by atoms with van der Waals surface area (Å²) < 4.78 is 5.08. The lowest BCUT2D eigenvalue weighted by Crippen LogP contribution is -1.94. The number of ether oxygens (including phenoxy) is 1. The molecule has 0 saturated heterocycles. The molecule has 0 aliphatic heterocycles. The number of hydrogen-bond donors (Lipinski definition) is 0. The van der Waals surface area contributed by atoms with Gasteiger partial charge in [-0.1, -0.05) is 26.0 Å². The van der Waals surface area contributed by atoms with Gasteiger partial charge in [0.1, 0.15) is 5.69 Å². The summed E-state index contributed by atoms with van der Waals surface area (Å²) in [5, 5.41) is 0. The van der Waals surface area contributed by atoms with Crippen LogP contribution < -0.4 is 4.74 Å². The second kappa shape index (κ2) is 5.29. The Morgan fingerprint density at radius 1 is 1.00 bits per heavy atom. The third-order valence-corrected chi connectivity index (χ3v) is 1.89. The first-order valence-electron chi connectivity index (χ1n) is 5.08. The molecule has 0 atom stereocenters. The molecule has 0 aliphatic rings. The summed E-state index contributed by atoms with van der Waals surface area (Å²) in [5.74, 6) is 0.596. The predicted octanol–water partition coefficient (Wildman–Crippen LogP) is 2.97. The number of aromatic nitrogens is 2. The van der Waals surface area contributed by atoms with Gasteiger partial charge in [0.2, 0.25) is 5.88 Å². The van der Waals surface area contributed by atoms with Crippen molar-refractivity contribution >= 4 is 11.0 Å². The van der Waals surface area contributed by atoms with E-state index in [0.29, 0.717) is 5.88 Å². The fourth-order valence-electron chi connectivity index (χ4n) is 1.27. The van der Waals surface area contributed by atoms with E-state index >= 15 is 0 Å². The Labute approximate surface area is 90.1 Å². The lowest BCUT2D eigenvalue weighted by molar-refractivity contribution is 0.394. The Morgan fingerprint density at radius 3 is 2.07 bits per heavy atom. The number of fused-ring (bicyclic) bond motifs is 1. The summed E-state index contributed by atoms with van der Waals surface area (Å²) in [5.41, 5.74) is 2.59. The Bertz CT molecular complexity index is 441. The van der Waals surface area contributed by atoms with Crippen LogP contribution in [-0.4, -0.2) is 17.1 Å². The molecule has 80 valence electrons. The Hall–Kier alpha value is -1.64. The highest BCUT2D eigenvalue weighted by atomic mass is 16.5. The van der Waals surface area contributed by atoms with Crippen LogP contribution >= 0.6 is 0 Å². The van der Waals surface area contributed by atoms with E-state index in [1.165, 1.54) is 0 Å². The summed E-state index contributed by atoms with van der Waals surface area (Å²) in [4.78, 5) is 8.67. The number of methoxy groups -OCH3 is 1. The van der Waals surface area contributed by atoms with Crippen molar-refractivity contribution in [2.24, 2.45) is 0 Å². The van der Waals surface area contributed by atoms with Crippen LogP contribution in [0.15, 0.2) is 24.3 Å². The van der Waals surface area contributed by atoms with Gasteiger partial charge in [0.05, 0.1) is 18.1 Å². The van der Waals surface area contributed by atoms with E-state index in [4.69, 9.17) is 4.74 Å². The normalized spacial score (nSPS) is 9.33. The molecule has 2 rings (SSSR count). The zero-order chi connectivity index (χ0) is 11.3. The highest BCUT2D eigenvalue weighted by Crippen LogP contribution is 2.16. The highest BCUT2D eigenvalue weighted by molar-refractivity contribution is 5.74. The molecule has 0 unspecified atom stereocenters. The number of para-hydroxylation sites is 2. The van der Waals surface area contributed by atoms with Crippen LogP contribution in [0.1, 0.15) is 19.5 Å². The van der Waals surface area contributed by atoms with E-state index < -0.39 is 0 Å². The summed E-state index contributed by atoms with van der Waals surface area (Å²) in [7, 11) is 1.60. The zero-order valence-electron chi connectivity index (χ0n) is 9.61. The summed E-state index contributed by atoms with van der Waals surface area (Å²) in [6.45, 7) is 5.89. The van der Waals surface area contributed by atoms with Gasteiger partial charge in [-0.05, 0) is 19.1 Å². The number of hydrogen-bond acceptors (Lipinski definition) is 3. The topological polar surface area (TPSA) is 35.0 Å². The second-order valence-electron chi connectivity index (χ2n) is 2.81. The van der Waals surface area contributed by atoms with Crippen LogP contribution in [0.3, 0.4) is 0 Å². The monoisotopic (exact) mass is 204 g/mol. The molecule has 0 bridgehead atoms. The van der Waals surface area contributed by atoms with Crippen molar-refractivity contribution in [3.63, 3.8) is 0 Å². The molecular formula is C12H16N2O. The predicted molar refractivity (Wildman–Crippen MR) is 62.2 cm³/mol. The van der Waals surface area contributed by atoms with Crippen molar-refractivity contribution in [1.82, 2.24) is 9.97 Å². The molecule has 1 aromatic carbocycles. The van der Waals surface area contributed by atoms with Gasteiger partial charge in [-0.2, -0.15) is 0 Å². The molecule has 0 amide bonds. The number of aryl methyl sites for hydroxylation is 1. The van der Waals surface area contributed by atoms with Gasteiger partial charge < -0.3 is 4.74 Å². The van der Waals surface area contributed by atoms with Gasteiger partial charge in [0.25, 0.3) is 0 Å². The summed E-state index contributed by atoms with van der Waals surface area (Å²) in [6.07, 6.45) is 0. The van der Waals surface area contributed by atoms with Gasteiger partial charge in [-0.3, -0.25) is 0 Å². The third-order valence-electron chi connectivity index (χ3n) is 1.89. The van der Waals surface area contributed by atoms with Crippen LogP contribution in [0.5, 0.6) is 5.88 Å². The third kappa shape index (κ3) is 2.43. The smallest absolute Gasteiger partial charge is 0.235 e. The van der Waals surface area contributed by atoms with Crippen molar-refractivity contribution in [2.75, 3.05) is 7.11 Å². The van der Waals surface area contributed by atoms with Gasteiger partial charge in [0.15, 0.2) is 0 Å². The average Bonchev–Trinajstić information content (AvgIpc) is 2.31. The Balaban J connectivity index is 0.000000531. The van der Waals surface area contributed by atoms with E-state index in [1.54, 1.807) is 7.11 Å². The first-order valence-corrected chi connectivity index (χ1v) is 5.08. The first kappa shape index (κ1) is 11.4. The maximum absolute atomic E-state index is 5.08. The van der Waals surface area contributed by atoms with Crippen molar-refractivity contribution in [2.45, 2.75) is 20.8 Å². The molecule has 0 fully saturated rings. The Morgan fingerprint density at radius 2 is 1.53 bits per heavy atom. The lowest BCUT2D eigenvalue weighted by Gasteiger charge is -2.03. The van der Waals surface area contributed by atoms with Crippen LogP contribution in [0.4, 0.5) is 0 Å². The number of nitrogens with zero attached hydrogens (tertiary/aromatic N) is 2. The molecule has 0 saturated carbocycles. The second-order valence-corrected chi connectivity index (χ2v) is 2.81. The molecule has 15 heavy (non-hydrogen) atoms. The summed E-state index contributed by atoms with van der Waals surface area (Å²) >= 11 is 0. The highest BCUT2D eigenvalue weighted by Gasteiger charge is 2.03. The summed E-state index contributed by atoms with van der Waals surface area (Å²) in [6, 6.07) is 7.74. The zero-order valence-corrected chi connectivity index (χ0v) is 9.61. The molecule has 0 radical (unpaired) electrons. The van der Waals surface area contributed by atoms with Crippen molar-refractivity contribution in [3.05, 3.63) is 30.0 Å². The van der Waals surface area contributed by atoms with E-state index in [1.807, 2.05) is 45.0 Å². The SMILES string of the molecule is CC.COc1nc2ccccc2nc1C. The van der Waals surface area contributed by atoms with E-state index in [0.717, 1.165) is 16.7 Å². The van der Waals surface area contributed by atoms with Gasteiger partial charge in [-0.25, -0.2) is 9.97 Å². The molecule has 2 aromatic rings. The largest absolute Gasteiger partial charge is 0.480 e. The fraction of sp³-hybridized carbons (Fsp3) is 0.333. The van der Waals surface area contributed by atoms with E-state index in [9.17, 15) is 0 Å². The maximum Gasteiger partial charge on any atom is 0.235 e. The van der Waals surface area contributed by atoms with Crippen molar-refractivity contribution < 1.29 is 4.74 Å². The van der Waals surface area contributed by atoms with Crippen LogP contribution in [-0.2, 0) is 0 Å². The average molecular weight is 204 g/mol. The van der Waals surface area contributed by atoms with Crippen LogP contribution in [0.2, 0.25) is 0 Å². The van der Waals surface area contributed by atoms with E-state index in [2.05, 4.69) is 9.97 Å². The van der Waals surface area contributed by atoms with Crippen LogP contribution in [0, 0.1) is 6.92 Å². The molecule has 3 heteroatoms. The fourth-order valence-corrected chi connectivity index (χ4v) is 1.27. The quantitative estimate of drug-likeness (QED) is 0.716. The van der Waals surface area contributed by atoms with Crippen molar-refractivity contribution in [3.8, 4) is 5.88 Å². The number of rotatable bonds is 1. The Kier molecular flexibility index (Phi) is 4.03. The van der Waals surface area contributed by atoms with Gasteiger partial charge >= 0.3 is 0 Å². The maximum atomic E-state index is 5.08. The standard InChI is InChI=1S/C10H10N2O.C2H6/c1-7-10(13-2)12-9-6-4-3-5-8(9)11-7;1-2/h3-6H,1-2H3;1-2H3. The molecule has 0 aliphatic carbocycles. The molecule has 0 N–H and O–H groups in total. The minimum Gasteiger partial charge on any atom is -0.480 e. The molecular weight excluding hydrogens is 188 g/mol. The lowest BCUT2D eigenvalue weighted by atomic mass is 10.3. The molecule has 0 spiro atoms. The molecule has 3 nitrogen and oxygen atoms in total. The van der Waals surface area contributed by atoms with Gasteiger partial charge in [0, 0.05) is 0 Å². The van der Waals surface area contributed by atoms with Gasteiger partial charge in [-0.15, -0.1) is 0 Å². The van der Waals surface area contributed by atoms with Crippen molar-refractivity contribution in [1.29, 1.82) is 0 Å². The molecule has 1 heterocycles. The number of benzene rings is 1. The van der Waals surface area contributed by atoms with Crippen LogP contribution in [0.25, 0.3) is 11.0 Å². The molecule has 1 aromatic heterocycles. The first-order chi connectivity index (χ1) is 7.31. The minimum absolute atomic E-state index is 0.596. The minimum atomic E-state index is 0.596.